The van der Waals surface area contributed by atoms with Gasteiger partial charge in [0.05, 0.1) is 5.41 Å². The summed E-state index contributed by atoms with van der Waals surface area (Å²) in [6.07, 6.45) is -0.110. The Morgan fingerprint density at radius 2 is 2.00 bits per heavy atom. The minimum absolute atomic E-state index is 0.110. The lowest BCUT2D eigenvalue weighted by Crippen LogP contribution is -2.12. The molecule has 0 amide bonds. The first-order chi connectivity index (χ1) is 6.37. The topological polar surface area (TPSA) is 0 Å². The molecule has 0 radical (unpaired) electrons. The third-order valence-corrected chi connectivity index (χ3v) is 3.59. The van der Waals surface area contributed by atoms with Crippen LogP contribution in [0.15, 0.2) is 22.7 Å². The van der Waals surface area contributed by atoms with E-state index in [0.29, 0.717) is 10.6 Å². The van der Waals surface area contributed by atoms with Crippen molar-refractivity contribution in [3.63, 3.8) is 0 Å². The summed E-state index contributed by atoms with van der Waals surface area (Å²) in [7, 11) is 0. The van der Waals surface area contributed by atoms with Gasteiger partial charge in [-0.2, -0.15) is 0 Å². The van der Waals surface area contributed by atoms with Crippen LogP contribution in [-0.2, 0) is 5.41 Å². The first kappa shape index (κ1) is 10.4. The zero-order valence-electron chi connectivity index (χ0n) is 7.45. The smallest absolute Gasteiger partial charge is 0.206 e. The SMILES string of the molecule is CC1(c2ccc(Br)cc2Cl)CC1(F)F. The number of hydrogen-bond donors (Lipinski definition) is 0. The van der Waals surface area contributed by atoms with E-state index in [-0.39, 0.29) is 6.42 Å². The van der Waals surface area contributed by atoms with E-state index in [2.05, 4.69) is 15.9 Å². The molecular weight excluding hydrogens is 273 g/mol. The molecule has 1 unspecified atom stereocenters. The summed E-state index contributed by atoms with van der Waals surface area (Å²) in [4.78, 5) is 0. The van der Waals surface area contributed by atoms with Crippen LogP contribution in [0.1, 0.15) is 18.9 Å². The number of benzene rings is 1. The molecule has 1 atom stereocenters. The molecule has 0 saturated heterocycles. The Balaban J connectivity index is 2.45. The molecule has 2 rings (SSSR count). The van der Waals surface area contributed by atoms with Crippen LogP contribution in [0.2, 0.25) is 5.02 Å². The monoisotopic (exact) mass is 280 g/mol. The molecule has 14 heavy (non-hydrogen) atoms. The van der Waals surface area contributed by atoms with Crippen molar-refractivity contribution in [2.24, 2.45) is 0 Å². The summed E-state index contributed by atoms with van der Waals surface area (Å²) in [5.74, 6) is -2.61. The zero-order chi connectivity index (χ0) is 10.6. The van der Waals surface area contributed by atoms with Gasteiger partial charge in [-0.25, -0.2) is 8.78 Å². The van der Waals surface area contributed by atoms with Gasteiger partial charge in [0.2, 0.25) is 0 Å². The summed E-state index contributed by atoms with van der Waals surface area (Å²) >= 11 is 9.16. The van der Waals surface area contributed by atoms with Crippen molar-refractivity contribution in [2.75, 3.05) is 0 Å². The summed E-state index contributed by atoms with van der Waals surface area (Å²) in [5.41, 5.74) is -0.530. The zero-order valence-corrected chi connectivity index (χ0v) is 9.79. The van der Waals surface area contributed by atoms with Crippen LogP contribution >= 0.6 is 27.5 Å². The van der Waals surface area contributed by atoms with E-state index in [1.165, 1.54) is 0 Å². The average molecular weight is 282 g/mol. The summed E-state index contributed by atoms with van der Waals surface area (Å²) in [5, 5.41) is 0.402. The van der Waals surface area contributed by atoms with Crippen molar-refractivity contribution in [3.05, 3.63) is 33.3 Å². The Morgan fingerprint density at radius 3 is 2.43 bits per heavy atom. The fourth-order valence-corrected chi connectivity index (χ4v) is 2.51. The highest BCUT2D eigenvalue weighted by Crippen LogP contribution is 2.62. The number of halogens is 4. The van der Waals surface area contributed by atoms with Gasteiger partial charge in [-0.15, -0.1) is 0 Å². The molecule has 0 bridgehead atoms. The minimum Gasteiger partial charge on any atom is -0.206 e. The second-order valence-corrected chi connectivity index (χ2v) is 5.16. The van der Waals surface area contributed by atoms with Crippen molar-refractivity contribution < 1.29 is 8.78 Å². The normalized spacial score (nSPS) is 28.9. The van der Waals surface area contributed by atoms with Gasteiger partial charge in [0.1, 0.15) is 0 Å². The predicted molar refractivity (Wildman–Crippen MR) is 56.1 cm³/mol. The maximum absolute atomic E-state index is 13.1. The van der Waals surface area contributed by atoms with Gasteiger partial charge >= 0.3 is 0 Å². The van der Waals surface area contributed by atoms with Gasteiger partial charge < -0.3 is 0 Å². The van der Waals surface area contributed by atoms with Gasteiger partial charge in [-0.3, -0.25) is 0 Å². The Kier molecular flexibility index (Phi) is 2.16. The lowest BCUT2D eigenvalue weighted by molar-refractivity contribution is 0.0920. The molecule has 1 aliphatic carbocycles. The van der Waals surface area contributed by atoms with Crippen LogP contribution in [0.3, 0.4) is 0 Å². The van der Waals surface area contributed by atoms with Crippen LogP contribution in [-0.4, -0.2) is 5.92 Å². The molecule has 0 N–H and O–H groups in total. The molecule has 1 aromatic carbocycles. The van der Waals surface area contributed by atoms with Crippen molar-refractivity contribution in [3.8, 4) is 0 Å². The molecule has 1 fully saturated rings. The van der Waals surface area contributed by atoms with Crippen molar-refractivity contribution in [1.29, 1.82) is 0 Å². The molecule has 0 heterocycles. The fraction of sp³-hybridized carbons (Fsp3) is 0.400. The van der Waals surface area contributed by atoms with E-state index in [1.807, 2.05) is 0 Å². The van der Waals surface area contributed by atoms with Gasteiger partial charge in [0, 0.05) is 15.9 Å². The predicted octanol–water partition coefficient (Wildman–Crippen LogP) is 4.40. The maximum Gasteiger partial charge on any atom is 0.258 e. The lowest BCUT2D eigenvalue weighted by atomic mass is 9.98. The average Bonchev–Trinajstić information content (AvgIpc) is 2.50. The van der Waals surface area contributed by atoms with Gasteiger partial charge in [0.15, 0.2) is 0 Å². The van der Waals surface area contributed by atoms with E-state index >= 15 is 0 Å². The number of rotatable bonds is 1. The van der Waals surface area contributed by atoms with Gasteiger partial charge in [0.25, 0.3) is 5.92 Å². The van der Waals surface area contributed by atoms with Gasteiger partial charge in [-0.1, -0.05) is 33.6 Å². The summed E-state index contributed by atoms with van der Waals surface area (Å²) in [6, 6.07) is 5.05. The second kappa shape index (κ2) is 2.92. The van der Waals surface area contributed by atoms with E-state index < -0.39 is 11.3 Å². The molecule has 1 saturated carbocycles. The molecular formula is C10H8BrClF2. The maximum atomic E-state index is 13.1. The van der Waals surface area contributed by atoms with Crippen LogP contribution in [0.4, 0.5) is 8.78 Å². The van der Waals surface area contributed by atoms with E-state index in [1.54, 1.807) is 25.1 Å². The van der Waals surface area contributed by atoms with Crippen LogP contribution in [0, 0.1) is 0 Å². The largest absolute Gasteiger partial charge is 0.258 e. The molecule has 76 valence electrons. The Morgan fingerprint density at radius 1 is 1.43 bits per heavy atom. The van der Waals surface area contributed by atoms with Crippen LogP contribution < -0.4 is 0 Å². The molecule has 0 nitrogen and oxygen atoms in total. The summed E-state index contributed by atoms with van der Waals surface area (Å²) in [6.45, 7) is 1.54. The first-order valence-corrected chi connectivity index (χ1v) is 5.37. The molecule has 0 spiro atoms. The third-order valence-electron chi connectivity index (χ3n) is 2.78. The molecule has 0 aromatic heterocycles. The van der Waals surface area contributed by atoms with E-state index in [9.17, 15) is 8.78 Å². The molecule has 1 aliphatic rings. The van der Waals surface area contributed by atoms with Crippen LogP contribution in [0.5, 0.6) is 0 Å². The third kappa shape index (κ3) is 1.38. The fourth-order valence-electron chi connectivity index (χ4n) is 1.63. The molecule has 4 heteroatoms. The second-order valence-electron chi connectivity index (χ2n) is 3.84. The Bertz CT molecular complexity index is 392. The highest BCUT2D eigenvalue weighted by molar-refractivity contribution is 9.10. The standard InChI is InChI=1S/C10H8BrClF2/c1-9(5-10(9,13)14)7-3-2-6(11)4-8(7)12/h2-4H,5H2,1H3. The van der Waals surface area contributed by atoms with Crippen molar-refractivity contribution in [2.45, 2.75) is 24.7 Å². The first-order valence-electron chi connectivity index (χ1n) is 4.20. The van der Waals surface area contributed by atoms with Crippen molar-refractivity contribution in [1.82, 2.24) is 0 Å². The van der Waals surface area contributed by atoms with E-state index in [0.717, 1.165) is 4.47 Å². The van der Waals surface area contributed by atoms with E-state index in [4.69, 9.17) is 11.6 Å². The highest BCUT2D eigenvalue weighted by atomic mass is 79.9. The van der Waals surface area contributed by atoms with Crippen molar-refractivity contribution >= 4 is 27.5 Å². The minimum atomic E-state index is -2.61. The number of alkyl halides is 2. The Hall–Kier alpha value is -0.150. The van der Waals surface area contributed by atoms with Crippen LogP contribution in [0.25, 0.3) is 0 Å². The molecule has 1 aromatic rings. The Labute approximate surface area is 94.4 Å². The summed E-state index contributed by atoms with van der Waals surface area (Å²) < 4.78 is 27.0. The highest BCUT2D eigenvalue weighted by Gasteiger charge is 2.69. The quantitative estimate of drug-likeness (QED) is 0.716. The molecule has 0 aliphatic heterocycles. The van der Waals surface area contributed by atoms with Gasteiger partial charge in [-0.05, 0) is 24.6 Å². The lowest BCUT2D eigenvalue weighted by Gasteiger charge is -2.12. The number of hydrogen-bond acceptors (Lipinski definition) is 0.